The maximum atomic E-state index is 9.73. The molecule has 0 aliphatic heterocycles. The molecule has 4 aliphatic rings. The molecule has 4 heteroatoms. The largest absolute Gasteiger partial charge is 0.361 e. The number of rotatable bonds is 2. The normalized spacial score (nSPS) is 20.1. The van der Waals surface area contributed by atoms with Crippen LogP contribution in [0, 0.1) is 18.4 Å². The van der Waals surface area contributed by atoms with Gasteiger partial charge in [0.1, 0.15) is 5.69 Å². The van der Waals surface area contributed by atoms with Crippen LogP contribution >= 0.6 is 0 Å². The van der Waals surface area contributed by atoms with Crippen molar-refractivity contribution in [1.82, 2.24) is 4.98 Å². The molecule has 2 heterocycles. The van der Waals surface area contributed by atoms with E-state index in [1.807, 2.05) is 12.1 Å². The van der Waals surface area contributed by atoms with E-state index in [0.29, 0.717) is 5.82 Å². The van der Waals surface area contributed by atoms with Gasteiger partial charge in [0.15, 0.2) is 0 Å². The summed E-state index contributed by atoms with van der Waals surface area (Å²) in [6.07, 6.45) is 21.7. The lowest BCUT2D eigenvalue weighted by Gasteiger charge is -2.23. The predicted octanol–water partition coefficient (Wildman–Crippen LogP) is 6.88. The third kappa shape index (κ3) is 4.60. The van der Waals surface area contributed by atoms with Gasteiger partial charge >= 0.3 is 0 Å². The predicted molar refractivity (Wildman–Crippen MR) is 131 cm³/mol. The van der Waals surface area contributed by atoms with Gasteiger partial charge < -0.3 is 4.85 Å². The zero-order valence-electron chi connectivity index (χ0n) is 19.5. The second-order valence-electron chi connectivity index (χ2n) is 9.89. The highest BCUT2D eigenvalue weighted by Gasteiger charge is 2.29. The highest BCUT2D eigenvalue weighted by atomic mass is 16.5. The maximum Gasteiger partial charge on any atom is 0.269 e. The molecule has 0 aromatic carbocycles. The van der Waals surface area contributed by atoms with Crippen LogP contribution in [0.15, 0.2) is 42.6 Å². The molecular formula is C29H34N3O+. The van der Waals surface area contributed by atoms with E-state index in [-0.39, 0.29) is 0 Å². The summed E-state index contributed by atoms with van der Waals surface area (Å²) >= 11 is 0. The fraction of sp³-hybridized carbons (Fsp3) is 0.483. The minimum absolute atomic E-state index is 0.530. The van der Waals surface area contributed by atoms with Crippen LogP contribution in [0.2, 0.25) is 0 Å². The summed E-state index contributed by atoms with van der Waals surface area (Å²) < 4.78 is 1.28. The van der Waals surface area contributed by atoms with Gasteiger partial charge in [-0.3, -0.25) is 5.21 Å². The summed E-state index contributed by atoms with van der Waals surface area (Å²) in [6, 6.07) is 8.03. The number of allylic oxidation sites excluding steroid dienone is 4. The van der Waals surface area contributed by atoms with Crippen molar-refractivity contribution in [1.29, 1.82) is 0 Å². The van der Waals surface area contributed by atoms with Crippen LogP contribution in [0.4, 0.5) is 5.82 Å². The number of hydrogen-bond acceptors (Lipinski definition) is 2. The summed E-state index contributed by atoms with van der Waals surface area (Å²) in [5, 5.41) is 9.73. The second-order valence-corrected chi connectivity index (χ2v) is 9.89. The van der Waals surface area contributed by atoms with Crippen LogP contribution in [0.5, 0.6) is 0 Å². The first-order valence-corrected chi connectivity index (χ1v) is 12.8. The summed E-state index contributed by atoms with van der Waals surface area (Å²) in [7, 11) is 0. The van der Waals surface area contributed by atoms with E-state index in [1.165, 1.54) is 91.2 Å². The molecule has 0 atom stereocenters. The van der Waals surface area contributed by atoms with E-state index < -0.39 is 0 Å². The molecule has 1 N–H and O–H groups in total. The van der Waals surface area contributed by atoms with E-state index in [0.717, 1.165) is 36.1 Å². The van der Waals surface area contributed by atoms with E-state index in [2.05, 4.69) is 34.1 Å². The Morgan fingerprint density at radius 3 is 2.12 bits per heavy atom. The van der Waals surface area contributed by atoms with E-state index in [4.69, 9.17) is 6.57 Å². The minimum Gasteiger partial charge on any atom is -0.361 e. The summed E-state index contributed by atoms with van der Waals surface area (Å²) in [5.41, 5.74) is 7.74. The van der Waals surface area contributed by atoms with Crippen LogP contribution in [-0.2, 0) is 12.8 Å². The van der Waals surface area contributed by atoms with E-state index in [1.54, 1.807) is 6.20 Å². The smallest absolute Gasteiger partial charge is 0.269 e. The average molecular weight is 441 g/mol. The first-order chi connectivity index (χ1) is 16.2. The van der Waals surface area contributed by atoms with Crippen molar-refractivity contribution in [3.63, 3.8) is 0 Å². The SMILES string of the molecule is O[n+]1cccc2c1CC=C2C1CCCCC1.[C-]#[N+]c1ccc2c(n1)CC=C2C1CCCCC1. The van der Waals surface area contributed by atoms with Gasteiger partial charge in [-0.1, -0.05) is 63.3 Å². The molecule has 4 nitrogen and oxygen atoms in total. The Hall–Kier alpha value is -2.93. The number of aromatic nitrogens is 2. The van der Waals surface area contributed by atoms with Crippen molar-refractivity contribution >= 4 is 17.0 Å². The minimum atomic E-state index is 0.530. The Labute approximate surface area is 197 Å². The molecular weight excluding hydrogens is 406 g/mol. The molecule has 170 valence electrons. The molecule has 2 fully saturated rings. The number of fused-ring (bicyclic) bond motifs is 2. The van der Waals surface area contributed by atoms with Crippen molar-refractivity contribution in [3.05, 3.63) is 76.5 Å². The molecule has 0 bridgehead atoms. The average Bonchev–Trinajstić information content (AvgIpc) is 3.50. The Balaban J connectivity index is 0.000000139. The van der Waals surface area contributed by atoms with Gasteiger partial charge in [-0.05, 0) is 60.8 Å². The lowest BCUT2D eigenvalue weighted by atomic mass is 9.82. The van der Waals surface area contributed by atoms with E-state index in [9.17, 15) is 5.21 Å². The monoisotopic (exact) mass is 440 g/mol. The van der Waals surface area contributed by atoms with Crippen molar-refractivity contribution in [2.75, 3.05) is 0 Å². The van der Waals surface area contributed by atoms with Crippen molar-refractivity contribution < 1.29 is 9.94 Å². The zero-order chi connectivity index (χ0) is 22.6. The molecule has 0 amide bonds. The lowest BCUT2D eigenvalue weighted by Crippen LogP contribution is -2.34. The highest BCUT2D eigenvalue weighted by molar-refractivity contribution is 5.74. The second kappa shape index (κ2) is 9.91. The van der Waals surface area contributed by atoms with Gasteiger partial charge in [0.25, 0.3) is 5.82 Å². The first-order valence-electron chi connectivity index (χ1n) is 12.8. The standard InChI is InChI=1S/C15H16N2.C14H18NO/c1-16-15-10-8-13-12(7-9-14(13)17-15)11-5-3-2-4-6-11;16-15-10-4-7-13-12(8-9-14(13)15)11-5-2-1-3-6-11/h7-8,10-11H,2-6,9H2;4,7-8,10-11,16H,1-3,5-6,9H2/q;+1. The van der Waals surface area contributed by atoms with Gasteiger partial charge in [0, 0.05) is 22.8 Å². The van der Waals surface area contributed by atoms with Crippen LogP contribution < -0.4 is 4.73 Å². The van der Waals surface area contributed by atoms with Crippen LogP contribution in [-0.4, -0.2) is 10.2 Å². The van der Waals surface area contributed by atoms with Crippen molar-refractivity contribution in [2.45, 2.75) is 77.0 Å². The third-order valence-electron chi connectivity index (χ3n) is 7.89. The molecule has 2 aromatic heterocycles. The van der Waals surface area contributed by atoms with Crippen molar-refractivity contribution in [2.24, 2.45) is 11.8 Å². The lowest BCUT2D eigenvalue weighted by molar-refractivity contribution is -0.909. The fourth-order valence-electron chi connectivity index (χ4n) is 6.20. The molecule has 4 aliphatic carbocycles. The Kier molecular flexibility index (Phi) is 6.58. The fourth-order valence-corrected chi connectivity index (χ4v) is 6.20. The molecule has 2 saturated carbocycles. The van der Waals surface area contributed by atoms with Gasteiger partial charge in [-0.2, -0.15) is 0 Å². The topological polar surface area (TPSA) is 41.4 Å². The van der Waals surface area contributed by atoms with Gasteiger partial charge in [0.05, 0.1) is 12.0 Å². The van der Waals surface area contributed by atoms with Crippen LogP contribution in [0.1, 0.15) is 86.7 Å². The summed E-state index contributed by atoms with van der Waals surface area (Å²) in [6.45, 7) is 7.00. The van der Waals surface area contributed by atoms with Gasteiger partial charge in [-0.25, -0.2) is 0 Å². The summed E-state index contributed by atoms with van der Waals surface area (Å²) in [5.74, 6) is 2.00. The Morgan fingerprint density at radius 2 is 1.45 bits per heavy atom. The zero-order valence-corrected chi connectivity index (χ0v) is 19.5. The highest BCUT2D eigenvalue weighted by Crippen LogP contribution is 2.40. The molecule has 0 spiro atoms. The van der Waals surface area contributed by atoms with Crippen LogP contribution in [0.3, 0.4) is 0 Å². The molecule has 6 rings (SSSR count). The molecule has 0 unspecified atom stereocenters. The number of pyridine rings is 2. The molecule has 0 radical (unpaired) electrons. The van der Waals surface area contributed by atoms with Crippen molar-refractivity contribution in [3.8, 4) is 0 Å². The Bertz CT molecular complexity index is 1110. The van der Waals surface area contributed by atoms with E-state index >= 15 is 0 Å². The first kappa shape index (κ1) is 21.9. The number of hydrogen-bond donors (Lipinski definition) is 1. The molecule has 0 saturated heterocycles. The molecule has 33 heavy (non-hydrogen) atoms. The van der Waals surface area contributed by atoms with Gasteiger partial charge in [-0.15, -0.1) is 4.98 Å². The maximum absolute atomic E-state index is 9.73. The molecule has 2 aromatic rings. The Morgan fingerprint density at radius 1 is 0.818 bits per heavy atom. The third-order valence-corrected chi connectivity index (χ3v) is 7.89. The summed E-state index contributed by atoms with van der Waals surface area (Å²) in [4.78, 5) is 7.81. The number of nitrogens with zero attached hydrogens (tertiary/aromatic N) is 3. The van der Waals surface area contributed by atoms with Crippen LogP contribution in [0.25, 0.3) is 16.0 Å². The van der Waals surface area contributed by atoms with Gasteiger partial charge in [0.2, 0.25) is 11.9 Å². The quantitative estimate of drug-likeness (QED) is 0.314.